The predicted octanol–water partition coefficient (Wildman–Crippen LogP) is 1.24. The van der Waals surface area contributed by atoms with Gasteiger partial charge in [0.25, 0.3) is 0 Å². The number of carbonyl (C=O) groups is 1. The number of amides is 1. The Morgan fingerprint density at radius 1 is 1.33 bits per heavy atom. The number of rotatable bonds is 5. The number of aliphatic hydroxyl groups excluding tert-OH is 2. The van der Waals surface area contributed by atoms with Crippen molar-refractivity contribution in [3.63, 3.8) is 0 Å². The van der Waals surface area contributed by atoms with Crippen LogP contribution in [-0.4, -0.2) is 28.8 Å². The summed E-state index contributed by atoms with van der Waals surface area (Å²) in [5.74, 6) is -0.467. The van der Waals surface area contributed by atoms with Gasteiger partial charge in [-0.05, 0) is 12.5 Å². The van der Waals surface area contributed by atoms with Crippen molar-refractivity contribution in [2.24, 2.45) is 5.41 Å². The molecule has 0 bridgehead atoms. The number of benzene rings is 1. The van der Waals surface area contributed by atoms with Crippen LogP contribution in [0.25, 0.3) is 0 Å². The maximum absolute atomic E-state index is 11.9. The number of hydrogen-bond donors (Lipinski definition) is 3. The number of aliphatic hydroxyl groups is 2. The second-order valence-electron chi connectivity index (χ2n) is 5.19. The van der Waals surface area contributed by atoms with Crippen molar-refractivity contribution < 1.29 is 15.0 Å². The Morgan fingerprint density at radius 3 is 2.39 bits per heavy atom. The highest BCUT2D eigenvalue weighted by atomic mass is 16.3. The smallest absolute Gasteiger partial charge is 0.249 e. The molecule has 0 unspecified atom stereocenters. The van der Waals surface area contributed by atoms with Crippen LogP contribution in [0.3, 0.4) is 0 Å². The minimum atomic E-state index is -1.23. The molecular formula is C14H21NO3. The van der Waals surface area contributed by atoms with Gasteiger partial charge in [0, 0.05) is 5.41 Å². The molecule has 0 aromatic heterocycles. The fourth-order valence-corrected chi connectivity index (χ4v) is 1.56. The van der Waals surface area contributed by atoms with Crippen LogP contribution in [0.1, 0.15) is 32.4 Å². The zero-order valence-corrected chi connectivity index (χ0v) is 11.1. The van der Waals surface area contributed by atoms with Crippen molar-refractivity contribution in [2.75, 3.05) is 6.61 Å². The molecule has 100 valence electrons. The Bertz CT molecular complexity index is 389. The summed E-state index contributed by atoms with van der Waals surface area (Å²) in [5, 5.41) is 21.7. The van der Waals surface area contributed by atoms with Gasteiger partial charge in [0.05, 0.1) is 12.6 Å². The molecule has 4 nitrogen and oxygen atoms in total. The molecule has 0 aliphatic rings. The minimum Gasteiger partial charge on any atom is -0.396 e. The van der Waals surface area contributed by atoms with Crippen LogP contribution in [0.4, 0.5) is 0 Å². The first-order chi connectivity index (χ1) is 8.38. The molecule has 4 heteroatoms. The number of hydrogen-bond acceptors (Lipinski definition) is 3. The van der Waals surface area contributed by atoms with Crippen LogP contribution < -0.4 is 5.32 Å². The minimum absolute atomic E-state index is 0.178. The molecular weight excluding hydrogens is 230 g/mol. The van der Waals surface area contributed by atoms with Gasteiger partial charge >= 0.3 is 0 Å². The van der Waals surface area contributed by atoms with E-state index in [0.717, 1.165) is 5.56 Å². The molecule has 0 aliphatic heterocycles. The van der Waals surface area contributed by atoms with E-state index in [1.54, 1.807) is 13.8 Å². The van der Waals surface area contributed by atoms with Crippen molar-refractivity contribution >= 4 is 5.91 Å². The van der Waals surface area contributed by atoms with Gasteiger partial charge < -0.3 is 15.5 Å². The number of carbonyl (C=O) groups excluding carboxylic acids is 1. The Hall–Kier alpha value is -1.39. The van der Waals surface area contributed by atoms with Crippen molar-refractivity contribution in [1.82, 2.24) is 5.32 Å². The zero-order chi connectivity index (χ0) is 13.8. The quantitative estimate of drug-likeness (QED) is 0.737. The van der Waals surface area contributed by atoms with Crippen molar-refractivity contribution in [2.45, 2.75) is 32.9 Å². The normalized spacial score (nSPS) is 14.9. The summed E-state index contributed by atoms with van der Waals surface area (Å²) in [6.07, 6.45) is -1.23. The van der Waals surface area contributed by atoms with E-state index in [2.05, 4.69) is 5.32 Å². The lowest BCUT2D eigenvalue weighted by atomic mass is 9.87. The maximum Gasteiger partial charge on any atom is 0.249 e. The molecule has 1 aromatic carbocycles. The predicted molar refractivity (Wildman–Crippen MR) is 69.9 cm³/mol. The average Bonchev–Trinajstić information content (AvgIpc) is 2.38. The van der Waals surface area contributed by atoms with Gasteiger partial charge in [-0.1, -0.05) is 44.2 Å². The first-order valence-corrected chi connectivity index (χ1v) is 6.02. The molecule has 3 N–H and O–H groups in total. The van der Waals surface area contributed by atoms with E-state index in [1.807, 2.05) is 37.3 Å². The zero-order valence-electron chi connectivity index (χ0n) is 11.1. The summed E-state index contributed by atoms with van der Waals surface area (Å²) in [5.41, 5.74) is 0.125. The molecule has 1 aromatic rings. The van der Waals surface area contributed by atoms with Gasteiger partial charge in [0.1, 0.15) is 6.10 Å². The van der Waals surface area contributed by atoms with Gasteiger partial charge in [-0.2, -0.15) is 0 Å². The SMILES string of the molecule is C[C@H](NC(=O)[C@H](O)C(C)(C)CO)c1ccccc1. The average molecular weight is 251 g/mol. The highest BCUT2D eigenvalue weighted by Gasteiger charge is 2.33. The van der Waals surface area contributed by atoms with Crippen LogP contribution in [0, 0.1) is 5.41 Å². The lowest BCUT2D eigenvalue weighted by Crippen LogP contribution is -2.46. The maximum atomic E-state index is 11.9. The highest BCUT2D eigenvalue weighted by molar-refractivity contribution is 5.81. The molecule has 2 atom stereocenters. The van der Waals surface area contributed by atoms with E-state index in [-0.39, 0.29) is 12.6 Å². The second-order valence-corrected chi connectivity index (χ2v) is 5.19. The Morgan fingerprint density at radius 2 is 1.89 bits per heavy atom. The molecule has 0 spiro atoms. The summed E-state index contributed by atoms with van der Waals surface area (Å²) in [6, 6.07) is 9.34. The molecule has 0 fully saturated rings. The largest absolute Gasteiger partial charge is 0.396 e. The van der Waals surface area contributed by atoms with Gasteiger partial charge in [-0.25, -0.2) is 0 Å². The summed E-state index contributed by atoms with van der Waals surface area (Å²) in [6.45, 7) is 4.89. The Labute approximate surface area is 108 Å². The summed E-state index contributed by atoms with van der Waals surface area (Å²) in [4.78, 5) is 11.9. The topological polar surface area (TPSA) is 69.6 Å². The first kappa shape index (κ1) is 14.7. The Balaban J connectivity index is 2.66. The van der Waals surface area contributed by atoms with E-state index in [0.29, 0.717) is 0 Å². The standard InChI is InChI=1S/C14H21NO3/c1-10(11-7-5-4-6-8-11)15-13(18)12(17)14(2,3)9-16/h4-8,10,12,16-17H,9H2,1-3H3,(H,15,18)/t10-,12-/m0/s1. The molecule has 18 heavy (non-hydrogen) atoms. The fourth-order valence-electron chi connectivity index (χ4n) is 1.56. The van der Waals surface area contributed by atoms with Crippen molar-refractivity contribution in [3.05, 3.63) is 35.9 Å². The van der Waals surface area contributed by atoms with E-state index in [4.69, 9.17) is 5.11 Å². The molecule has 0 aliphatic carbocycles. The van der Waals surface area contributed by atoms with E-state index in [1.165, 1.54) is 0 Å². The van der Waals surface area contributed by atoms with Crippen LogP contribution in [0.2, 0.25) is 0 Å². The molecule has 0 saturated carbocycles. The third-order valence-corrected chi connectivity index (χ3v) is 3.05. The third kappa shape index (κ3) is 3.55. The Kier molecular flexibility index (Phi) is 4.87. The molecule has 0 radical (unpaired) electrons. The van der Waals surface area contributed by atoms with Gasteiger partial charge in [-0.15, -0.1) is 0 Å². The molecule has 1 rings (SSSR count). The second kappa shape index (κ2) is 5.98. The first-order valence-electron chi connectivity index (χ1n) is 6.02. The highest BCUT2D eigenvalue weighted by Crippen LogP contribution is 2.21. The molecule has 0 heterocycles. The van der Waals surface area contributed by atoms with Crippen molar-refractivity contribution in [3.8, 4) is 0 Å². The monoisotopic (exact) mass is 251 g/mol. The molecule has 1 amide bonds. The van der Waals surface area contributed by atoms with Crippen molar-refractivity contribution in [1.29, 1.82) is 0 Å². The van der Waals surface area contributed by atoms with Crippen LogP contribution in [0.5, 0.6) is 0 Å². The van der Waals surface area contributed by atoms with Gasteiger partial charge in [0.2, 0.25) is 5.91 Å². The molecule has 0 saturated heterocycles. The summed E-state index contributed by atoms with van der Waals surface area (Å²) >= 11 is 0. The number of nitrogens with one attached hydrogen (secondary N) is 1. The third-order valence-electron chi connectivity index (χ3n) is 3.05. The van der Waals surface area contributed by atoms with E-state index >= 15 is 0 Å². The summed E-state index contributed by atoms with van der Waals surface area (Å²) in [7, 11) is 0. The van der Waals surface area contributed by atoms with Crippen LogP contribution in [-0.2, 0) is 4.79 Å². The van der Waals surface area contributed by atoms with Crippen LogP contribution >= 0.6 is 0 Å². The van der Waals surface area contributed by atoms with Gasteiger partial charge in [-0.3, -0.25) is 4.79 Å². The summed E-state index contributed by atoms with van der Waals surface area (Å²) < 4.78 is 0. The van der Waals surface area contributed by atoms with Crippen LogP contribution in [0.15, 0.2) is 30.3 Å². The lowest BCUT2D eigenvalue weighted by Gasteiger charge is -2.28. The fraction of sp³-hybridized carbons (Fsp3) is 0.500. The van der Waals surface area contributed by atoms with Gasteiger partial charge in [0.15, 0.2) is 0 Å². The lowest BCUT2D eigenvalue weighted by molar-refractivity contribution is -0.137. The van der Waals surface area contributed by atoms with E-state index < -0.39 is 17.4 Å². The van der Waals surface area contributed by atoms with E-state index in [9.17, 15) is 9.90 Å².